The van der Waals surface area contributed by atoms with Crippen molar-refractivity contribution in [2.45, 2.75) is 13.5 Å². The van der Waals surface area contributed by atoms with Gasteiger partial charge in [-0.1, -0.05) is 6.07 Å². The highest BCUT2D eigenvalue weighted by molar-refractivity contribution is 7.13. The summed E-state index contributed by atoms with van der Waals surface area (Å²) >= 11 is 1.37. The zero-order valence-electron chi connectivity index (χ0n) is 11.4. The number of esters is 1. The number of ether oxygens (including phenoxy) is 3. The van der Waals surface area contributed by atoms with Crippen molar-refractivity contribution in [3.8, 4) is 11.5 Å². The molecule has 21 heavy (non-hydrogen) atoms. The smallest absolute Gasteiger partial charge is 0.357 e. The summed E-state index contributed by atoms with van der Waals surface area (Å²) in [5.41, 5.74) is 1.38. The zero-order valence-corrected chi connectivity index (χ0v) is 12.2. The predicted molar refractivity (Wildman–Crippen MR) is 78.0 cm³/mol. The maximum atomic E-state index is 11.5. The highest BCUT2D eigenvalue weighted by Gasteiger charge is 2.14. The Morgan fingerprint density at radius 1 is 1.43 bits per heavy atom. The van der Waals surface area contributed by atoms with E-state index in [1.54, 1.807) is 12.3 Å². The van der Waals surface area contributed by atoms with Crippen molar-refractivity contribution in [1.82, 2.24) is 4.98 Å². The van der Waals surface area contributed by atoms with Crippen LogP contribution in [0.3, 0.4) is 0 Å². The van der Waals surface area contributed by atoms with Crippen LogP contribution in [0.5, 0.6) is 11.5 Å². The van der Waals surface area contributed by atoms with E-state index in [0.29, 0.717) is 24.0 Å². The molecule has 1 aliphatic heterocycles. The summed E-state index contributed by atoms with van der Waals surface area (Å²) in [7, 11) is 0. The summed E-state index contributed by atoms with van der Waals surface area (Å²) in [5.74, 6) is 1.11. The fourth-order valence-electron chi connectivity index (χ4n) is 1.88. The van der Waals surface area contributed by atoms with Crippen LogP contribution in [0.25, 0.3) is 0 Å². The topological polar surface area (TPSA) is 69.7 Å². The van der Waals surface area contributed by atoms with E-state index in [9.17, 15) is 4.79 Å². The van der Waals surface area contributed by atoms with Crippen LogP contribution < -0.4 is 14.8 Å². The van der Waals surface area contributed by atoms with Gasteiger partial charge in [-0.05, 0) is 24.6 Å². The van der Waals surface area contributed by atoms with E-state index in [4.69, 9.17) is 14.2 Å². The standard InChI is InChI=1S/C14H14N2O4S/c1-2-18-13(17)10-7-21-14(16-10)15-6-9-3-4-11-12(5-9)20-8-19-11/h3-5,7H,2,6,8H2,1H3,(H,15,16). The second-order valence-corrected chi connectivity index (χ2v) is 5.16. The van der Waals surface area contributed by atoms with Crippen LogP contribution in [0.15, 0.2) is 23.6 Å². The lowest BCUT2D eigenvalue weighted by molar-refractivity contribution is 0.0520. The number of aromatic nitrogens is 1. The number of rotatable bonds is 5. The van der Waals surface area contributed by atoms with Crippen LogP contribution in [-0.4, -0.2) is 24.4 Å². The van der Waals surface area contributed by atoms with E-state index >= 15 is 0 Å². The first-order valence-electron chi connectivity index (χ1n) is 6.51. The molecule has 0 saturated carbocycles. The molecule has 0 saturated heterocycles. The Bertz CT molecular complexity index is 656. The number of carbonyl (C=O) groups is 1. The Hall–Kier alpha value is -2.28. The molecule has 0 radical (unpaired) electrons. The average Bonchev–Trinajstić information content (AvgIpc) is 3.14. The number of benzene rings is 1. The first-order valence-corrected chi connectivity index (χ1v) is 7.39. The minimum absolute atomic E-state index is 0.265. The summed E-state index contributed by atoms with van der Waals surface area (Å²) in [6, 6.07) is 5.76. The largest absolute Gasteiger partial charge is 0.461 e. The van der Waals surface area contributed by atoms with Crippen LogP contribution in [0, 0.1) is 0 Å². The molecule has 0 atom stereocenters. The Labute approximate surface area is 125 Å². The Balaban J connectivity index is 1.61. The molecule has 6 nitrogen and oxygen atoms in total. The normalized spacial score (nSPS) is 12.2. The van der Waals surface area contributed by atoms with Gasteiger partial charge in [-0.15, -0.1) is 11.3 Å². The first-order chi connectivity index (χ1) is 10.3. The molecule has 1 aromatic carbocycles. The second-order valence-electron chi connectivity index (χ2n) is 4.30. The van der Waals surface area contributed by atoms with Gasteiger partial charge in [0.05, 0.1) is 6.61 Å². The second kappa shape index (κ2) is 6.01. The van der Waals surface area contributed by atoms with E-state index in [0.717, 1.165) is 17.1 Å². The number of fused-ring (bicyclic) bond motifs is 1. The van der Waals surface area contributed by atoms with Crippen molar-refractivity contribution in [2.24, 2.45) is 0 Å². The van der Waals surface area contributed by atoms with Gasteiger partial charge in [-0.25, -0.2) is 9.78 Å². The van der Waals surface area contributed by atoms with Crippen molar-refractivity contribution in [3.05, 3.63) is 34.8 Å². The molecular weight excluding hydrogens is 292 g/mol. The molecule has 0 spiro atoms. The minimum atomic E-state index is -0.398. The molecule has 7 heteroatoms. The van der Waals surface area contributed by atoms with Crippen molar-refractivity contribution in [2.75, 3.05) is 18.7 Å². The molecule has 2 aromatic rings. The monoisotopic (exact) mass is 306 g/mol. The lowest BCUT2D eigenvalue weighted by Crippen LogP contribution is -2.05. The van der Waals surface area contributed by atoms with Crippen LogP contribution in [0.2, 0.25) is 0 Å². The highest BCUT2D eigenvalue weighted by Crippen LogP contribution is 2.32. The van der Waals surface area contributed by atoms with Crippen LogP contribution in [0.1, 0.15) is 23.0 Å². The molecule has 1 aliphatic rings. The summed E-state index contributed by atoms with van der Waals surface area (Å²) < 4.78 is 15.5. The molecule has 1 aromatic heterocycles. The first kappa shape index (κ1) is 13.7. The van der Waals surface area contributed by atoms with Gasteiger partial charge in [-0.3, -0.25) is 0 Å². The summed E-state index contributed by atoms with van der Waals surface area (Å²) in [6.07, 6.45) is 0. The number of thiazole rings is 1. The van der Waals surface area contributed by atoms with Crippen molar-refractivity contribution in [1.29, 1.82) is 0 Å². The van der Waals surface area contributed by atoms with Crippen molar-refractivity contribution < 1.29 is 19.0 Å². The molecule has 0 amide bonds. The fourth-order valence-corrected chi connectivity index (χ4v) is 2.56. The Kier molecular flexibility index (Phi) is 3.92. The van der Waals surface area contributed by atoms with E-state index in [1.165, 1.54) is 11.3 Å². The van der Waals surface area contributed by atoms with Gasteiger partial charge in [0.25, 0.3) is 0 Å². The maximum absolute atomic E-state index is 11.5. The molecule has 1 N–H and O–H groups in total. The molecule has 0 unspecified atom stereocenters. The number of nitrogens with one attached hydrogen (secondary N) is 1. The zero-order chi connectivity index (χ0) is 14.7. The fraction of sp³-hybridized carbons (Fsp3) is 0.286. The van der Waals surface area contributed by atoms with E-state index < -0.39 is 5.97 Å². The number of hydrogen-bond donors (Lipinski definition) is 1. The lowest BCUT2D eigenvalue weighted by Gasteiger charge is -2.04. The van der Waals surface area contributed by atoms with Gasteiger partial charge < -0.3 is 19.5 Å². The van der Waals surface area contributed by atoms with Gasteiger partial charge in [0.2, 0.25) is 6.79 Å². The van der Waals surface area contributed by atoms with Gasteiger partial charge >= 0.3 is 5.97 Å². The Morgan fingerprint density at radius 2 is 2.29 bits per heavy atom. The minimum Gasteiger partial charge on any atom is -0.461 e. The summed E-state index contributed by atoms with van der Waals surface area (Å²) in [4.78, 5) is 15.7. The third-order valence-electron chi connectivity index (χ3n) is 2.87. The predicted octanol–water partition coefficient (Wildman–Crippen LogP) is 2.66. The lowest BCUT2D eigenvalue weighted by atomic mass is 10.2. The number of nitrogens with zero attached hydrogens (tertiary/aromatic N) is 1. The van der Waals surface area contributed by atoms with E-state index in [2.05, 4.69) is 10.3 Å². The molecule has 110 valence electrons. The van der Waals surface area contributed by atoms with Gasteiger partial charge in [0.1, 0.15) is 0 Å². The van der Waals surface area contributed by atoms with Crippen LogP contribution in [0.4, 0.5) is 5.13 Å². The van der Waals surface area contributed by atoms with Gasteiger partial charge in [0, 0.05) is 11.9 Å². The molecule has 2 heterocycles. The van der Waals surface area contributed by atoms with Crippen LogP contribution in [-0.2, 0) is 11.3 Å². The quantitative estimate of drug-likeness (QED) is 0.856. The van der Waals surface area contributed by atoms with E-state index in [-0.39, 0.29) is 6.79 Å². The van der Waals surface area contributed by atoms with Gasteiger partial charge in [-0.2, -0.15) is 0 Å². The van der Waals surface area contributed by atoms with Crippen molar-refractivity contribution in [3.63, 3.8) is 0 Å². The SMILES string of the molecule is CCOC(=O)c1csc(NCc2ccc3c(c2)OCO3)n1. The number of hydrogen-bond acceptors (Lipinski definition) is 7. The third kappa shape index (κ3) is 3.08. The molecule has 3 rings (SSSR count). The van der Waals surface area contributed by atoms with Crippen molar-refractivity contribution >= 4 is 22.4 Å². The molecule has 0 bridgehead atoms. The molecule has 0 fully saturated rings. The van der Waals surface area contributed by atoms with E-state index in [1.807, 2.05) is 18.2 Å². The Morgan fingerprint density at radius 3 is 3.14 bits per heavy atom. The van der Waals surface area contributed by atoms with Crippen LogP contribution >= 0.6 is 11.3 Å². The average molecular weight is 306 g/mol. The van der Waals surface area contributed by atoms with Gasteiger partial charge in [0.15, 0.2) is 22.3 Å². The summed E-state index contributed by atoms with van der Waals surface area (Å²) in [6.45, 7) is 2.97. The molecule has 0 aliphatic carbocycles. The highest BCUT2D eigenvalue weighted by atomic mass is 32.1. The maximum Gasteiger partial charge on any atom is 0.357 e. The third-order valence-corrected chi connectivity index (χ3v) is 3.67. The molecular formula is C14H14N2O4S. The number of carbonyl (C=O) groups excluding carboxylic acids is 1. The number of anilines is 1. The summed E-state index contributed by atoms with van der Waals surface area (Å²) in [5, 5.41) is 5.53.